The molecule has 0 saturated heterocycles. The third kappa shape index (κ3) is 2.59. The zero-order valence-corrected chi connectivity index (χ0v) is 10.4. The highest BCUT2D eigenvalue weighted by molar-refractivity contribution is 5.30. The Morgan fingerprint density at radius 3 is 2.59 bits per heavy atom. The van der Waals surface area contributed by atoms with Crippen LogP contribution in [0.1, 0.15) is 42.5 Å². The van der Waals surface area contributed by atoms with Crippen molar-refractivity contribution in [3.8, 4) is 0 Å². The van der Waals surface area contributed by atoms with Crippen LogP contribution < -0.4 is 5.73 Å². The largest absolute Gasteiger partial charge is 0.464 e. The van der Waals surface area contributed by atoms with E-state index >= 15 is 0 Å². The van der Waals surface area contributed by atoms with Gasteiger partial charge in [0.05, 0.1) is 6.04 Å². The fourth-order valence-corrected chi connectivity index (χ4v) is 1.92. The van der Waals surface area contributed by atoms with Crippen LogP contribution in [-0.4, -0.2) is 0 Å². The smallest absolute Gasteiger partial charge is 0.125 e. The highest BCUT2D eigenvalue weighted by atomic mass is 16.3. The van der Waals surface area contributed by atoms with E-state index in [2.05, 4.69) is 38.1 Å². The number of benzene rings is 1. The van der Waals surface area contributed by atoms with E-state index in [0.717, 1.165) is 29.9 Å². The SMILES string of the molecule is CCc1cccc(C(N)c2ccc(CC)o2)c1. The van der Waals surface area contributed by atoms with Crippen LogP contribution in [0.15, 0.2) is 40.8 Å². The lowest BCUT2D eigenvalue weighted by Gasteiger charge is -2.10. The van der Waals surface area contributed by atoms with Gasteiger partial charge >= 0.3 is 0 Å². The van der Waals surface area contributed by atoms with Crippen molar-refractivity contribution >= 4 is 0 Å². The van der Waals surface area contributed by atoms with Crippen molar-refractivity contribution in [2.24, 2.45) is 5.73 Å². The minimum Gasteiger partial charge on any atom is -0.464 e. The third-order valence-electron chi connectivity index (χ3n) is 3.06. The summed E-state index contributed by atoms with van der Waals surface area (Å²) >= 11 is 0. The first kappa shape index (κ1) is 11.9. The van der Waals surface area contributed by atoms with Gasteiger partial charge in [-0.05, 0) is 29.7 Å². The molecule has 0 fully saturated rings. The predicted molar refractivity (Wildman–Crippen MR) is 69.9 cm³/mol. The van der Waals surface area contributed by atoms with Gasteiger partial charge < -0.3 is 10.2 Å². The van der Waals surface area contributed by atoms with Crippen LogP contribution in [-0.2, 0) is 12.8 Å². The van der Waals surface area contributed by atoms with E-state index < -0.39 is 0 Å². The summed E-state index contributed by atoms with van der Waals surface area (Å²) in [5, 5.41) is 0. The molecule has 0 radical (unpaired) electrons. The quantitative estimate of drug-likeness (QED) is 0.872. The summed E-state index contributed by atoms with van der Waals surface area (Å²) in [5.41, 5.74) is 8.63. The summed E-state index contributed by atoms with van der Waals surface area (Å²) in [7, 11) is 0. The average Bonchev–Trinajstić information content (AvgIpc) is 2.86. The van der Waals surface area contributed by atoms with Crippen molar-refractivity contribution in [3.63, 3.8) is 0 Å². The van der Waals surface area contributed by atoms with Crippen LogP contribution in [0.3, 0.4) is 0 Å². The first-order chi connectivity index (χ1) is 8.24. The first-order valence-electron chi connectivity index (χ1n) is 6.17. The summed E-state index contributed by atoms with van der Waals surface area (Å²) < 4.78 is 5.70. The van der Waals surface area contributed by atoms with Gasteiger partial charge in [0.1, 0.15) is 11.5 Å². The number of aryl methyl sites for hydroxylation is 2. The molecule has 2 rings (SSSR count). The van der Waals surface area contributed by atoms with E-state index in [4.69, 9.17) is 10.2 Å². The second-order valence-corrected chi connectivity index (χ2v) is 4.23. The fraction of sp³-hybridized carbons (Fsp3) is 0.333. The van der Waals surface area contributed by atoms with Gasteiger partial charge in [-0.3, -0.25) is 0 Å². The lowest BCUT2D eigenvalue weighted by Crippen LogP contribution is -2.11. The van der Waals surface area contributed by atoms with Crippen LogP contribution in [0.5, 0.6) is 0 Å². The highest BCUT2D eigenvalue weighted by Gasteiger charge is 2.13. The zero-order valence-electron chi connectivity index (χ0n) is 10.4. The lowest BCUT2D eigenvalue weighted by atomic mass is 10.0. The maximum absolute atomic E-state index is 6.21. The summed E-state index contributed by atoms with van der Waals surface area (Å²) in [6.07, 6.45) is 1.93. The van der Waals surface area contributed by atoms with Crippen molar-refractivity contribution in [2.75, 3.05) is 0 Å². The molecule has 1 heterocycles. The molecule has 1 aromatic carbocycles. The van der Waals surface area contributed by atoms with E-state index in [1.54, 1.807) is 0 Å². The molecule has 0 bridgehead atoms. The summed E-state index contributed by atoms with van der Waals surface area (Å²) in [6, 6.07) is 12.2. The van der Waals surface area contributed by atoms with Gasteiger partial charge in [0.25, 0.3) is 0 Å². The molecule has 17 heavy (non-hydrogen) atoms. The minimum absolute atomic E-state index is 0.165. The fourth-order valence-electron chi connectivity index (χ4n) is 1.92. The van der Waals surface area contributed by atoms with Crippen LogP contribution in [0.25, 0.3) is 0 Å². The predicted octanol–water partition coefficient (Wildman–Crippen LogP) is 3.45. The Hall–Kier alpha value is -1.54. The Labute approximate surface area is 102 Å². The molecule has 2 N–H and O–H groups in total. The van der Waals surface area contributed by atoms with Gasteiger partial charge in [-0.2, -0.15) is 0 Å². The molecule has 2 heteroatoms. The second-order valence-electron chi connectivity index (χ2n) is 4.23. The Morgan fingerprint density at radius 1 is 1.12 bits per heavy atom. The van der Waals surface area contributed by atoms with E-state index in [1.807, 2.05) is 12.1 Å². The molecule has 90 valence electrons. The second kappa shape index (κ2) is 5.19. The molecule has 1 atom stereocenters. The van der Waals surface area contributed by atoms with Crippen molar-refractivity contribution in [2.45, 2.75) is 32.7 Å². The molecule has 0 amide bonds. The molecule has 0 spiro atoms. The molecule has 0 aliphatic carbocycles. The van der Waals surface area contributed by atoms with E-state index in [1.165, 1.54) is 5.56 Å². The number of hydrogen-bond donors (Lipinski definition) is 1. The Kier molecular flexibility index (Phi) is 3.64. The van der Waals surface area contributed by atoms with Gasteiger partial charge in [0.2, 0.25) is 0 Å². The minimum atomic E-state index is -0.165. The molecule has 1 aromatic heterocycles. The monoisotopic (exact) mass is 229 g/mol. The van der Waals surface area contributed by atoms with Crippen molar-refractivity contribution < 1.29 is 4.42 Å². The maximum Gasteiger partial charge on any atom is 0.125 e. The zero-order chi connectivity index (χ0) is 12.3. The lowest BCUT2D eigenvalue weighted by molar-refractivity contribution is 0.454. The molecule has 2 aromatic rings. The molecular formula is C15H19NO. The molecule has 1 unspecified atom stereocenters. The van der Waals surface area contributed by atoms with Crippen LogP contribution >= 0.6 is 0 Å². The Morgan fingerprint density at radius 2 is 1.94 bits per heavy atom. The molecule has 0 saturated carbocycles. The summed E-state index contributed by atoms with van der Waals surface area (Å²) in [4.78, 5) is 0. The number of furan rings is 1. The van der Waals surface area contributed by atoms with Gasteiger partial charge in [-0.25, -0.2) is 0 Å². The standard InChI is InChI=1S/C15H19NO/c1-3-11-6-5-7-12(10-11)15(16)14-9-8-13(4-2)17-14/h5-10,15H,3-4,16H2,1-2H3. The van der Waals surface area contributed by atoms with Gasteiger partial charge in [0.15, 0.2) is 0 Å². The van der Waals surface area contributed by atoms with Crippen LogP contribution in [0, 0.1) is 0 Å². The van der Waals surface area contributed by atoms with E-state index in [9.17, 15) is 0 Å². The molecular weight excluding hydrogens is 210 g/mol. The Balaban J connectivity index is 2.26. The van der Waals surface area contributed by atoms with Crippen molar-refractivity contribution in [1.29, 1.82) is 0 Å². The summed E-state index contributed by atoms with van der Waals surface area (Å²) in [5.74, 6) is 1.83. The van der Waals surface area contributed by atoms with Crippen LogP contribution in [0.2, 0.25) is 0 Å². The Bertz CT molecular complexity index is 487. The number of rotatable bonds is 4. The maximum atomic E-state index is 6.21. The van der Waals surface area contributed by atoms with Crippen molar-refractivity contribution in [1.82, 2.24) is 0 Å². The molecule has 0 aliphatic rings. The highest BCUT2D eigenvalue weighted by Crippen LogP contribution is 2.22. The molecule has 2 nitrogen and oxygen atoms in total. The normalized spacial score (nSPS) is 12.6. The van der Waals surface area contributed by atoms with Crippen molar-refractivity contribution in [3.05, 3.63) is 59.0 Å². The summed E-state index contributed by atoms with van der Waals surface area (Å²) in [6.45, 7) is 4.22. The first-order valence-corrected chi connectivity index (χ1v) is 6.17. The van der Waals surface area contributed by atoms with Gasteiger partial charge in [0, 0.05) is 6.42 Å². The van der Waals surface area contributed by atoms with Gasteiger partial charge in [-0.15, -0.1) is 0 Å². The van der Waals surface area contributed by atoms with E-state index in [-0.39, 0.29) is 6.04 Å². The third-order valence-corrected chi connectivity index (χ3v) is 3.06. The van der Waals surface area contributed by atoms with Gasteiger partial charge in [-0.1, -0.05) is 38.1 Å². The number of hydrogen-bond acceptors (Lipinski definition) is 2. The van der Waals surface area contributed by atoms with Crippen LogP contribution in [0.4, 0.5) is 0 Å². The average molecular weight is 229 g/mol. The number of nitrogens with two attached hydrogens (primary N) is 1. The molecule has 0 aliphatic heterocycles. The topological polar surface area (TPSA) is 39.2 Å². The van der Waals surface area contributed by atoms with E-state index in [0.29, 0.717) is 0 Å².